The highest BCUT2D eigenvalue weighted by molar-refractivity contribution is 5.93. The summed E-state index contributed by atoms with van der Waals surface area (Å²) in [7, 11) is 0. The van der Waals surface area contributed by atoms with Gasteiger partial charge in [0.25, 0.3) is 5.91 Å². The van der Waals surface area contributed by atoms with Crippen LogP contribution in [0.25, 0.3) is 0 Å². The second-order valence-corrected chi connectivity index (χ2v) is 6.15. The molecular formula is C20H22FNO4. The van der Waals surface area contributed by atoms with Gasteiger partial charge in [-0.2, -0.15) is 0 Å². The van der Waals surface area contributed by atoms with Gasteiger partial charge in [-0.15, -0.1) is 0 Å². The van der Waals surface area contributed by atoms with Crippen molar-refractivity contribution < 1.29 is 23.5 Å². The van der Waals surface area contributed by atoms with Crippen molar-refractivity contribution in [3.05, 3.63) is 59.9 Å². The molecule has 1 amide bonds. The molecule has 0 aromatic heterocycles. The molecule has 0 spiro atoms. The molecule has 0 heterocycles. The molecule has 0 aliphatic rings. The molecule has 1 atom stereocenters. The number of amides is 1. The zero-order valence-electron chi connectivity index (χ0n) is 15.0. The van der Waals surface area contributed by atoms with Gasteiger partial charge in [-0.25, -0.2) is 9.18 Å². The molecule has 0 unspecified atom stereocenters. The predicted molar refractivity (Wildman–Crippen MR) is 96.6 cm³/mol. The zero-order chi connectivity index (χ0) is 19.1. The van der Waals surface area contributed by atoms with Gasteiger partial charge in [0.05, 0.1) is 0 Å². The fourth-order valence-electron chi connectivity index (χ4n) is 2.17. The molecule has 5 nitrogen and oxygen atoms in total. The zero-order valence-corrected chi connectivity index (χ0v) is 15.0. The van der Waals surface area contributed by atoms with E-state index in [4.69, 9.17) is 9.47 Å². The van der Waals surface area contributed by atoms with Gasteiger partial charge in [-0.1, -0.05) is 26.0 Å². The van der Waals surface area contributed by atoms with E-state index in [0.29, 0.717) is 17.4 Å². The van der Waals surface area contributed by atoms with Crippen molar-refractivity contribution in [2.45, 2.75) is 32.8 Å². The lowest BCUT2D eigenvalue weighted by atomic mass is 10.0. The van der Waals surface area contributed by atoms with Gasteiger partial charge in [0.15, 0.2) is 12.7 Å². The highest BCUT2D eigenvalue weighted by atomic mass is 19.1. The quantitative estimate of drug-likeness (QED) is 0.762. The molecule has 0 saturated heterocycles. The first kappa shape index (κ1) is 19.4. The van der Waals surface area contributed by atoms with Crippen LogP contribution < -0.4 is 10.1 Å². The minimum absolute atomic E-state index is 0.338. The molecule has 0 aliphatic carbocycles. The topological polar surface area (TPSA) is 64.6 Å². The Morgan fingerprint density at radius 3 is 2.19 bits per heavy atom. The number of benzene rings is 2. The van der Waals surface area contributed by atoms with Crippen molar-refractivity contribution in [2.24, 2.45) is 0 Å². The molecule has 0 fully saturated rings. The highest BCUT2D eigenvalue weighted by Gasteiger charge is 2.18. The van der Waals surface area contributed by atoms with Crippen molar-refractivity contribution in [3.63, 3.8) is 0 Å². The summed E-state index contributed by atoms with van der Waals surface area (Å²) in [5, 5.41) is 2.66. The first-order valence-corrected chi connectivity index (χ1v) is 8.34. The SMILES string of the molecule is CC(C)c1ccc(NC(=O)COC(=O)[C@@H](C)Oc2ccc(F)cc2)cc1. The van der Waals surface area contributed by atoms with Gasteiger partial charge < -0.3 is 14.8 Å². The molecule has 138 valence electrons. The van der Waals surface area contributed by atoms with Crippen LogP contribution in [0.5, 0.6) is 5.75 Å². The molecule has 2 aromatic rings. The summed E-state index contributed by atoms with van der Waals surface area (Å²) in [5.41, 5.74) is 1.80. The molecular weight excluding hydrogens is 337 g/mol. The molecule has 0 aliphatic heterocycles. The summed E-state index contributed by atoms with van der Waals surface area (Å²) in [6, 6.07) is 12.7. The average Bonchev–Trinajstić information content (AvgIpc) is 2.62. The van der Waals surface area contributed by atoms with Crippen molar-refractivity contribution in [1.82, 2.24) is 0 Å². The number of carbonyl (C=O) groups is 2. The van der Waals surface area contributed by atoms with Crippen molar-refractivity contribution in [2.75, 3.05) is 11.9 Å². The Bertz CT molecular complexity index is 741. The van der Waals surface area contributed by atoms with Gasteiger partial charge >= 0.3 is 5.97 Å². The van der Waals surface area contributed by atoms with E-state index in [1.165, 1.54) is 36.8 Å². The molecule has 6 heteroatoms. The fraction of sp³-hybridized carbons (Fsp3) is 0.300. The number of ether oxygens (including phenoxy) is 2. The number of esters is 1. The number of hydrogen-bond donors (Lipinski definition) is 1. The maximum Gasteiger partial charge on any atom is 0.347 e. The lowest BCUT2D eigenvalue weighted by molar-refractivity contribution is -0.153. The molecule has 1 N–H and O–H groups in total. The number of nitrogens with one attached hydrogen (secondary N) is 1. The van der Waals surface area contributed by atoms with E-state index in [9.17, 15) is 14.0 Å². The maximum atomic E-state index is 12.8. The van der Waals surface area contributed by atoms with Crippen LogP contribution in [0, 0.1) is 5.82 Å². The van der Waals surface area contributed by atoms with E-state index < -0.39 is 30.4 Å². The summed E-state index contributed by atoms with van der Waals surface area (Å²) in [4.78, 5) is 23.8. The molecule has 0 radical (unpaired) electrons. The first-order chi connectivity index (χ1) is 12.3. The predicted octanol–water partition coefficient (Wildman–Crippen LogP) is 3.90. The third-order valence-electron chi connectivity index (χ3n) is 3.67. The second kappa shape index (κ2) is 8.99. The third kappa shape index (κ3) is 5.88. The number of anilines is 1. The summed E-state index contributed by atoms with van der Waals surface area (Å²) < 4.78 is 23.1. The minimum atomic E-state index is -0.918. The smallest absolute Gasteiger partial charge is 0.347 e. The monoisotopic (exact) mass is 359 g/mol. The van der Waals surface area contributed by atoms with Crippen molar-refractivity contribution in [1.29, 1.82) is 0 Å². The largest absolute Gasteiger partial charge is 0.479 e. The minimum Gasteiger partial charge on any atom is -0.479 e. The van der Waals surface area contributed by atoms with Crippen LogP contribution in [0.3, 0.4) is 0 Å². The lowest BCUT2D eigenvalue weighted by Crippen LogP contribution is -2.29. The molecule has 2 rings (SSSR count). The molecule has 26 heavy (non-hydrogen) atoms. The molecule has 0 bridgehead atoms. The van der Waals surface area contributed by atoms with E-state index in [2.05, 4.69) is 19.2 Å². The molecule has 0 saturated carbocycles. The third-order valence-corrected chi connectivity index (χ3v) is 3.67. The van der Waals surface area contributed by atoms with Crippen LogP contribution in [-0.2, 0) is 14.3 Å². The van der Waals surface area contributed by atoms with Crippen molar-refractivity contribution >= 4 is 17.6 Å². The maximum absolute atomic E-state index is 12.8. The second-order valence-electron chi connectivity index (χ2n) is 6.15. The number of rotatable bonds is 7. The summed E-state index contributed by atoms with van der Waals surface area (Å²) in [5.74, 6) is -0.774. The van der Waals surface area contributed by atoms with E-state index in [1.807, 2.05) is 12.1 Å². The van der Waals surface area contributed by atoms with Crippen LogP contribution in [-0.4, -0.2) is 24.6 Å². The standard InChI is InChI=1S/C20H22FNO4/c1-13(2)15-4-8-17(9-5-15)22-19(23)12-25-20(24)14(3)26-18-10-6-16(21)7-11-18/h4-11,13-14H,12H2,1-3H3,(H,22,23)/t14-/m1/s1. The van der Waals surface area contributed by atoms with E-state index in [1.54, 1.807) is 12.1 Å². The normalized spacial score (nSPS) is 11.7. The Labute approximate surface area is 152 Å². The number of carbonyl (C=O) groups excluding carboxylic acids is 2. The Kier molecular flexibility index (Phi) is 6.72. The van der Waals surface area contributed by atoms with Crippen LogP contribution in [0.1, 0.15) is 32.3 Å². The highest BCUT2D eigenvalue weighted by Crippen LogP contribution is 2.17. The number of hydrogen-bond acceptors (Lipinski definition) is 4. The lowest BCUT2D eigenvalue weighted by Gasteiger charge is -2.14. The van der Waals surface area contributed by atoms with Crippen molar-refractivity contribution in [3.8, 4) is 5.75 Å². The van der Waals surface area contributed by atoms with Gasteiger partial charge in [0.1, 0.15) is 11.6 Å². The van der Waals surface area contributed by atoms with Crippen LogP contribution in [0.15, 0.2) is 48.5 Å². The van der Waals surface area contributed by atoms with E-state index in [0.717, 1.165) is 0 Å². The summed E-state index contributed by atoms with van der Waals surface area (Å²) in [6.07, 6.45) is -0.918. The first-order valence-electron chi connectivity index (χ1n) is 8.34. The Morgan fingerprint density at radius 2 is 1.62 bits per heavy atom. The Hall–Kier alpha value is -2.89. The van der Waals surface area contributed by atoms with Gasteiger partial charge in [-0.05, 0) is 54.8 Å². The summed E-state index contributed by atoms with van der Waals surface area (Å²) in [6.45, 7) is 5.25. The number of halogens is 1. The van der Waals surface area contributed by atoms with Gasteiger partial charge in [-0.3, -0.25) is 4.79 Å². The van der Waals surface area contributed by atoms with E-state index >= 15 is 0 Å². The molecule has 2 aromatic carbocycles. The van der Waals surface area contributed by atoms with Crippen LogP contribution in [0.4, 0.5) is 10.1 Å². The van der Waals surface area contributed by atoms with E-state index in [-0.39, 0.29) is 0 Å². The Morgan fingerprint density at radius 1 is 1.00 bits per heavy atom. The summed E-state index contributed by atoms with van der Waals surface area (Å²) >= 11 is 0. The fourth-order valence-corrected chi connectivity index (χ4v) is 2.17. The Balaban J connectivity index is 1.78. The van der Waals surface area contributed by atoms with Crippen LogP contribution in [0.2, 0.25) is 0 Å². The van der Waals surface area contributed by atoms with Crippen LogP contribution >= 0.6 is 0 Å². The van der Waals surface area contributed by atoms with Gasteiger partial charge in [0, 0.05) is 5.69 Å². The average molecular weight is 359 g/mol. The van der Waals surface area contributed by atoms with Gasteiger partial charge in [0.2, 0.25) is 0 Å².